The van der Waals surface area contributed by atoms with Gasteiger partial charge in [0.2, 0.25) is 10.0 Å². The van der Waals surface area contributed by atoms with Crippen LogP contribution in [0, 0.1) is 0 Å². The summed E-state index contributed by atoms with van der Waals surface area (Å²) in [7, 11) is 0.140. The maximum Gasteiger partial charge on any atom is 0.224 e. The Balaban J connectivity index is 3.73. The van der Waals surface area contributed by atoms with Crippen molar-refractivity contribution in [1.82, 2.24) is 9.84 Å². The van der Waals surface area contributed by atoms with Crippen LogP contribution in [0.15, 0.2) is 0 Å². The molecular formula is C6H15ClN2O2S. The molecule has 1 N–H and O–H groups in total. The Kier molecular flexibility index (Phi) is 5.82. The first-order valence-electron chi connectivity index (χ1n) is 3.71. The Bertz CT molecular complexity index is 204. The third kappa shape index (κ3) is 6.84. The van der Waals surface area contributed by atoms with Crippen LogP contribution in [0.4, 0.5) is 0 Å². The minimum Gasteiger partial charge on any atom is -0.237 e. The molecule has 0 spiro atoms. The highest BCUT2D eigenvalue weighted by Gasteiger charge is 2.09. The molecule has 0 aliphatic carbocycles. The van der Waals surface area contributed by atoms with E-state index in [-0.39, 0.29) is 5.75 Å². The van der Waals surface area contributed by atoms with Gasteiger partial charge in [0.25, 0.3) is 0 Å². The van der Waals surface area contributed by atoms with Crippen LogP contribution in [0.1, 0.15) is 12.8 Å². The number of rotatable bonds is 6. The number of sulfonamides is 1. The van der Waals surface area contributed by atoms with Crippen LogP contribution in [-0.4, -0.2) is 39.2 Å². The van der Waals surface area contributed by atoms with Crippen LogP contribution in [-0.2, 0) is 10.0 Å². The Morgan fingerprint density at radius 1 is 1.33 bits per heavy atom. The van der Waals surface area contributed by atoms with Crippen molar-refractivity contribution in [2.24, 2.45) is 0 Å². The Morgan fingerprint density at radius 3 is 2.33 bits per heavy atom. The lowest BCUT2D eigenvalue weighted by Gasteiger charge is -2.11. The zero-order valence-electron chi connectivity index (χ0n) is 7.38. The summed E-state index contributed by atoms with van der Waals surface area (Å²) < 4.78 is 22.2. The third-order valence-electron chi connectivity index (χ3n) is 1.12. The van der Waals surface area contributed by atoms with E-state index in [2.05, 4.69) is 4.83 Å². The first-order valence-corrected chi connectivity index (χ1v) is 5.90. The Hall–Kier alpha value is 0.160. The lowest BCUT2D eigenvalue weighted by atomic mass is 10.4. The second-order valence-corrected chi connectivity index (χ2v) is 4.90. The first kappa shape index (κ1) is 12.2. The number of hydrogen-bond donors (Lipinski definition) is 1. The molecule has 0 aromatic carbocycles. The SMILES string of the molecule is CN(C)NS(=O)(=O)CCCCCl. The van der Waals surface area contributed by atoms with Crippen molar-refractivity contribution in [3.05, 3.63) is 0 Å². The summed E-state index contributed by atoms with van der Waals surface area (Å²) in [6, 6.07) is 0. The van der Waals surface area contributed by atoms with Gasteiger partial charge in [-0.1, -0.05) is 0 Å². The van der Waals surface area contributed by atoms with Gasteiger partial charge < -0.3 is 0 Å². The van der Waals surface area contributed by atoms with Crippen molar-refractivity contribution < 1.29 is 8.42 Å². The fourth-order valence-electron chi connectivity index (χ4n) is 0.710. The quantitative estimate of drug-likeness (QED) is 0.396. The lowest BCUT2D eigenvalue weighted by molar-refractivity contribution is 0.363. The number of nitrogens with one attached hydrogen (secondary N) is 1. The van der Waals surface area contributed by atoms with E-state index in [0.29, 0.717) is 12.3 Å². The fourth-order valence-corrected chi connectivity index (χ4v) is 2.13. The highest BCUT2D eigenvalue weighted by molar-refractivity contribution is 7.89. The predicted octanol–water partition coefficient (Wildman–Crippen LogP) is 0.401. The second kappa shape index (κ2) is 5.75. The minimum absolute atomic E-state index is 0.137. The van der Waals surface area contributed by atoms with Gasteiger partial charge in [-0.25, -0.2) is 13.4 Å². The van der Waals surface area contributed by atoms with Crippen molar-refractivity contribution in [1.29, 1.82) is 0 Å². The molecule has 0 unspecified atom stereocenters. The molecule has 0 bridgehead atoms. The normalized spacial score (nSPS) is 12.3. The fraction of sp³-hybridized carbons (Fsp3) is 1.00. The lowest BCUT2D eigenvalue weighted by Crippen LogP contribution is -2.37. The van der Waals surface area contributed by atoms with Crippen LogP contribution in [0.3, 0.4) is 0 Å². The number of hydrogen-bond acceptors (Lipinski definition) is 3. The van der Waals surface area contributed by atoms with Gasteiger partial charge in [-0.05, 0) is 12.8 Å². The minimum atomic E-state index is -3.14. The van der Waals surface area contributed by atoms with Crippen LogP contribution >= 0.6 is 11.6 Å². The second-order valence-electron chi connectivity index (χ2n) is 2.70. The van der Waals surface area contributed by atoms with Crippen molar-refractivity contribution in [3.8, 4) is 0 Å². The Morgan fingerprint density at radius 2 is 1.92 bits per heavy atom. The molecule has 74 valence electrons. The molecule has 0 radical (unpaired) electrons. The molecule has 0 saturated carbocycles. The van der Waals surface area contributed by atoms with E-state index in [1.807, 2.05) is 0 Å². The van der Waals surface area contributed by atoms with E-state index in [0.717, 1.165) is 6.42 Å². The highest BCUT2D eigenvalue weighted by atomic mass is 35.5. The molecule has 4 nitrogen and oxygen atoms in total. The molecule has 0 aromatic heterocycles. The van der Waals surface area contributed by atoms with Crippen molar-refractivity contribution in [3.63, 3.8) is 0 Å². The predicted molar refractivity (Wildman–Crippen MR) is 50.6 cm³/mol. The third-order valence-corrected chi connectivity index (χ3v) is 2.86. The number of hydrazine groups is 1. The smallest absolute Gasteiger partial charge is 0.224 e. The summed E-state index contributed by atoms with van der Waals surface area (Å²) >= 11 is 5.41. The summed E-state index contributed by atoms with van der Waals surface area (Å²) in [5, 5.41) is 1.41. The summed E-state index contributed by atoms with van der Waals surface area (Å²) in [6.45, 7) is 0. The molecule has 0 rings (SSSR count). The number of halogens is 1. The summed E-state index contributed by atoms with van der Waals surface area (Å²) in [5.41, 5.74) is 0. The van der Waals surface area contributed by atoms with Gasteiger partial charge >= 0.3 is 0 Å². The van der Waals surface area contributed by atoms with E-state index in [9.17, 15) is 8.42 Å². The van der Waals surface area contributed by atoms with E-state index in [1.54, 1.807) is 14.1 Å². The van der Waals surface area contributed by atoms with Gasteiger partial charge in [-0.2, -0.15) is 0 Å². The zero-order valence-corrected chi connectivity index (χ0v) is 8.95. The van der Waals surface area contributed by atoms with Gasteiger partial charge in [0, 0.05) is 20.0 Å². The van der Waals surface area contributed by atoms with Gasteiger partial charge in [-0.15, -0.1) is 16.4 Å². The molecule has 6 heteroatoms. The topological polar surface area (TPSA) is 49.4 Å². The van der Waals surface area contributed by atoms with Crippen LogP contribution in [0.5, 0.6) is 0 Å². The van der Waals surface area contributed by atoms with Crippen LogP contribution in [0.2, 0.25) is 0 Å². The largest absolute Gasteiger partial charge is 0.237 e. The van der Waals surface area contributed by atoms with Gasteiger partial charge in [-0.3, -0.25) is 0 Å². The van der Waals surface area contributed by atoms with E-state index in [1.165, 1.54) is 5.01 Å². The number of unbranched alkanes of at least 4 members (excludes halogenated alkanes) is 1. The molecule has 0 aliphatic heterocycles. The van der Waals surface area contributed by atoms with E-state index in [4.69, 9.17) is 11.6 Å². The maximum atomic E-state index is 11.1. The summed E-state index contributed by atoms with van der Waals surface area (Å²) in [4.78, 5) is 2.34. The molecule has 0 fully saturated rings. The van der Waals surface area contributed by atoms with E-state index < -0.39 is 10.0 Å². The number of nitrogens with zero attached hydrogens (tertiary/aromatic N) is 1. The Labute approximate surface area is 78.9 Å². The molecular weight excluding hydrogens is 200 g/mol. The van der Waals surface area contributed by atoms with E-state index >= 15 is 0 Å². The average Bonchev–Trinajstić information content (AvgIpc) is 1.84. The molecule has 0 aliphatic rings. The molecule has 0 atom stereocenters. The monoisotopic (exact) mass is 214 g/mol. The number of alkyl halides is 1. The molecule has 12 heavy (non-hydrogen) atoms. The van der Waals surface area contributed by atoms with Crippen molar-refractivity contribution in [2.45, 2.75) is 12.8 Å². The van der Waals surface area contributed by atoms with Crippen LogP contribution < -0.4 is 4.83 Å². The first-order chi connectivity index (χ1) is 5.48. The maximum absolute atomic E-state index is 11.1. The molecule has 0 heterocycles. The highest BCUT2D eigenvalue weighted by Crippen LogP contribution is 1.96. The zero-order chi connectivity index (χ0) is 9.61. The van der Waals surface area contributed by atoms with Crippen molar-refractivity contribution >= 4 is 21.6 Å². The summed E-state index contributed by atoms with van der Waals surface area (Å²) in [6.07, 6.45) is 1.34. The van der Waals surface area contributed by atoms with Crippen LogP contribution in [0.25, 0.3) is 0 Å². The molecule has 0 aromatic rings. The van der Waals surface area contributed by atoms with Gasteiger partial charge in [0.1, 0.15) is 0 Å². The average molecular weight is 215 g/mol. The van der Waals surface area contributed by atoms with Gasteiger partial charge in [0.15, 0.2) is 0 Å². The molecule has 0 saturated heterocycles. The summed E-state index contributed by atoms with van der Waals surface area (Å²) in [5.74, 6) is 0.648. The van der Waals surface area contributed by atoms with Crippen molar-refractivity contribution in [2.75, 3.05) is 25.7 Å². The standard InChI is InChI=1S/C6H15ClN2O2S/c1-9(2)8-12(10,11)6-4-3-5-7/h8H,3-6H2,1-2H3. The molecule has 0 amide bonds. The van der Waals surface area contributed by atoms with Gasteiger partial charge in [0.05, 0.1) is 5.75 Å².